The fourth-order valence-electron chi connectivity index (χ4n) is 5.93. The number of likely N-dealkylation sites (tertiary alicyclic amines) is 1. The number of amides is 1. The van der Waals surface area contributed by atoms with Crippen molar-refractivity contribution in [2.45, 2.75) is 58.1 Å². The zero-order valence-electron chi connectivity index (χ0n) is 26.5. The number of nitrogens with one attached hydrogen (secondary N) is 1. The van der Waals surface area contributed by atoms with Crippen LogP contribution in [0.1, 0.15) is 67.1 Å². The van der Waals surface area contributed by atoms with Gasteiger partial charge in [0.15, 0.2) is 0 Å². The molecule has 0 unspecified atom stereocenters. The van der Waals surface area contributed by atoms with E-state index in [1.165, 1.54) is 19.1 Å². The van der Waals surface area contributed by atoms with E-state index < -0.39 is 42.5 Å². The molecule has 3 heterocycles. The lowest BCUT2D eigenvalue weighted by atomic mass is 9.80. The minimum absolute atomic E-state index is 0.0533. The Kier molecular flexibility index (Phi) is 10.8. The van der Waals surface area contributed by atoms with Crippen LogP contribution in [0.5, 0.6) is 0 Å². The molecule has 2 aliphatic heterocycles. The standard InChI is InChI=1S/C33H40F5N5O2/c1-20(24-9-7-10-26(29(24)36)31(37)38)39-32-27-17-23(33(45-19-28(34)35)12-15-43(16-13-33)22(3)44)18-42(6)30(27)25(21(2)40-32)11-8-14-41(4)5/h7,9-10,17,20,28,31H,12-16,18-19H2,1-6H3,(H,39,40)/t20-/m1/s1. The summed E-state index contributed by atoms with van der Waals surface area (Å²) in [6.07, 6.45) is -3.12. The van der Waals surface area contributed by atoms with Gasteiger partial charge >= 0.3 is 0 Å². The van der Waals surface area contributed by atoms with Crippen molar-refractivity contribution < 1.29 is 31.5 Å². The first-order chi connectivity index (χ1) is 21.2. The highest BCUT2D eigenvalue weighted by Crippen LogP contribution is 2.44. The van der Waals surface area contributed by atoms with Crippen molar-refractivity contribution in [2.75, 3.05) is 64.1 Å². The first-order valence-electron chi connectivity index (χ1n) is 14.8. The van der Waals surface area contributed by atoms with Crippen LogP contribution in [0.4, 0.5) is 33.5 Å². The van der Waals surface area contributed by atoms with Gasteiger partial charge in [0.2, 0.25) is 5.91 Å². The highest BCUT2D eigenvalue weighted by molar-refractivity contribution is 5.86. The summed E-state index contributed by atoms with van der Waals surface area (Å²) in [5.74, 6) is 5.67. The van der Waals surface area contributed by atoms with Gasteiger partial charge in [0.05, 0.1) is 40.7 Å². The van der Waals surface area contributed by atoms with E-state index in [2.05, 4.69) is 17.2 Å². The first kappa shape index (κ1) is 34.2. The average molecular weight is 634 g/mol. The van der Waals surface area contributed by atoms with Crippen LogP contribution in [-0.4, -0.2) is 86.6 Å². The lowest BCUT2D eigenvalue weighted by molar-refractivity contribution is -0.136. The number of piperidine rings is 1. The number of anilines is 2. The minimum Gasteiger partial charge on any atom is -0.369 e. The normalized spacial score (nSPS) is 16.8. The van der Waals surface area contributed by atoms with Crippen LogP contribution in [0.25, 0.3) is 6.08 Å². The van der Waals surface area contributed by atoms with Crippen molar-refractivity contribution in [3.8, 4) is 11.8 Å². The number of nitrogens with zero attached hydrogens (tertiary/aromatic N) is 4. The van der Waals surface area contributed by atoms with Crippen molar-refractivity contribution in [3.63, 3.8) is 0 Å². The number of hydrogen-bond donors (Lipinski definition) is 1. The Balaban J connectivity index is 1.85. The Morgan fingerprint density at radius 1 is 1.18 bits per heavy atom. The molecule has 7 nitrogen and oxygen atoms in total. The molecule has 12 heteroatoms. The van der Waals surface area contributed by atoms with Crippen LogP contribution in [-0.2, 0) is 9.53 Å². The van der Waals surface area contributed by atoms with E-state index >= 15 is 4.39 Å². The Morgan fingerprint density at radius 2 is 1.84 bits per heavy atom. The molecule has 1 fully saturated rings. The minimum atomic E-state index is -2.97. The van der Waals surface area contributed by atoms with E-state index in [1.54, 1.807) is 11.8 Å². The SMILES string of the molecule is CC(=O)N1CCC(OCC(F)F)(C2=Cc3c(N[C@H](C)c4cccc(C(F)F)c4F)nc(C)c(C#CCN(C)C)c3N(C)C2)CC1. The van der Waals surface area contributed by atoms with E-state index in [9.17, 15) is 22.4 Å². The number of carbonyl (C=O) groups excluding carboxylic acids is 1. The molecule has 0 saturated carbocycles. The molecule has 1 aromatic carbocycles. The summed E-state index contributed by atoms with van der Waals surface area (Å²) in [5, 5.41) is 3.23. The van der Waals surface area contributed by atoms with Crippen LogP contribution < -0.4 is 10.2 Å². The van der Waals surface area contributed by atoms with Gasteiger partial charge in [-0.2, -0.15) is 0 Å². The number of halogens is 5. The number of benzene rings is 1. The third kappa shape index (κ3) is 7.59. The van der Waals surface area contributed by atoms with Gasteiger partial charge in [-0.1, -0.05) is 30.0 Å². The van der Waals surface area contributed by atoms with E-state index in [-0.39, 0.29) is 11.5 Å². The summed E-state index contributed by atoms with van der Waals surface area (Å²) in [4.78, 5) is 22.4. The van der Waals surface area contributed by atoms with Gasteiger partial charge in [-0.3, -0.25) is 9.69 Å². The Morgan fingerprint density at radius 3 is 2.44 bits per heavy atom. The third-order valence-electron chi connectivity index (χ3n) is 8.31. The van der Waals surface area contributed by atoms with E-state index in [0.29, 0.717) is 61.7 Å². The van der Waals surface area contributed by atoms with Gasteiger partial charge in [-0.25, -0.2) is 26.9 Å². The van der Waals surface area contributed by atoms with E-state index in [4.69, 9.17) is 9.72 Å². The molecular formula is C33H40F5N5O2. The molecule has 45 heavy (non-hydrogen) atoms. The molecule has 1 atom stereocenters. The maximum absolute atomic E-state index is 15.1. The number of carbonyl (C=O) groups is 1. The van der Waals surface area contributed by atoms with Gasteiger partial charge < -0.3 is 19.9 Å². The van der Waals surface area contributed by atoms with Crippen LogP contribution in [0, 0.1) is 24.6 Å². The van der Waals surface area contributed by atoms with Gasteiger partial charge in [0.1, 0.15) is 18.2 Å². The van der Waals surface area contributed by atoms with Gasteiger partial charge in [-0.15, -0.1) is 0 Å². The monoisotopic (exact) mass is 633 g/mol. The van der Waals surface area contributed by atoms with Crippen molar-refractivity contribution in [3.05, 3.63) is 57.5 Å². The molecule has 0 aliphatic carbocycles. The van der Waals surface area contributed by atoms with E-state index in [0.717, 1.165) is 17.3 Å². The zero-order chi connectivity index (χ0) is 33.1. The fourth-order valence-corrected chi connectivity index (χ4v) is 5.93. The van der Waals surface area contributed by atoms with Crippen LogP contribution >= 0.6 is 0 Å². The zero-order valence-corrected chi connectivity index (χ0v) is 26.5. The number of aromatic nitrogens is 1. The number of aryl methyl sites for hydroxylation is 1. The van der Waals surface area contributed by atoms with Gasteiger partial charge in [0, 0.05) is 44.7 Å². The molecule has 244 valence electrons. The van der Waals surface area contributed by atoms with Gasteiger partial charge in [-0.05, 0) is 52.4 Å². The molecular weight excluding hydrogens is 593 g/mol. The Bertz CT molecular complexity index is 1490. The smallest absolute Gasteiger partial charge is 0.266 e. The predicted octanol–water partition coefficient (Wildman–Crippen LogP) is 6.05. The first-order valence-corrected chi connectivity index (χ1v) is 14.8. The number of likely N-dealkylation sites (N-methyl/N-ethyl adjacent to an activating group) is 1. The molecule has 0 spiro atoms. The molecule has 0 radical (unpaired) electrons. The quantitative estimate of drug-likeness (QED) is 0.268. The molecule has 1 N–H and O–H groups in total. The predicted molar refractivity (Wildman–Crippen MR) is 165 cm³/mol. The van der Waals surface area contributed by atoms with Crippen LogP contribution in [0.2, 0.25) is 0 Å². The molecule has 1 amide bonds. The molecule has 0 bridgehead atoms. The second-order valence-corrected chi connectivity index (χ2v) is 11.9. The highest BCUT2D eigenvalue weighted by atomic mass is 19.3. The van der Waals surface area contributed by atoms with Crippen molar-refractivity contribution in [1.29, 1.82) is 0 Å². The lowest BCUT2D eigenvalue weighted by Gasteiger charge is -2.45. The molecule has 2 aromatic rings. The summed E-state index contributed by atoms with van der Waals surface area (Å²) in [5.41, 5.74) is 1.69. The second kappa shape index (κ2) is 14.2. The summed E-state index contributed by atoms with van der Waals surface area (Å²) in [6.45, 7) is 5.74. The van der Waals surface area contributed by atoms with Crippen molar-refractivity contribution in [2.24, 2.45) is 0 Å². The molecule has 4 rings (SSSR count). The summed E-state index contributed by atoms with van der Waals surface area (Å²) in [6, 6.07) is 3.14. The summed E-state index contributed by atoms with van der Waals surface area (Å²) >= 11 is 0. The highest BCUT2D eigenvalue weighted by Gasteiger charge is 2.42. The van der Waals surface area contributed by atoms with Crippen molar-refractivity contribution in [1.82, 2.24) is 14.8 Å². The largest absolute Gasteiger partial charge is 0.369 e. The number of fused-ring (bicyclic) bond motifs is 1. The Labute approximate surface area is 261 Å². The number of alkyl halides is 4. The fraction of sp³-hybridized carbons (Fsp3) is 0.515. The van der Waals surface area contributed by atoms with Crippen LogP contribution in [0.15, 0.2) is 23.8 Å². The number of rotatable bonds is 9. The van der Waals surface area contributed by atoms with E-state index in [1.807, 2.05) is 43.9 Å². The molecule has 1 aromatic heterocycles. The number of hydrogen-bond acceptors (Lipinski definition) is 6. The van der Waals surface area contributed by atoms with Crippen LogP contribution in [0.3, 0.4) is 0 Å². The molecule has 1 saturated heterocycles. The molecule has 2 aliphatic rings. The second-order valence-electron chi connectivity index (χ2n) is 11.9. The lowest BCUT2D eigenvalue weighted by Crippen LogP contribution is -2.51. The number of pyridine rings is 1. The summed E-state index contributed by atoms with van der Waals surface area (Å²) < 4.78 is 75.0. The maximum atomic E-state index is 15.1. The van der Waals surface area contributed by atoms with Gasteiger partial charge in [0.25, 0.3) is 12.9 Å². The average Bonchev–Trinajstić information content (AvgIpc) is 2.97. The maximum Gasteiger partial charge on any atom is 0.266 e. The topological polar surface area (TPSA) is 60.9 Å². The summed E-state index contributed by atoms with van der Waals surface area (Å²) in [7, 11) is 5.68. The third-order valence-corrected chi connectivity index (χ3v) is 8.31. The number of ether oxygens (including phenoxy) is 1. The van der Waals surface area contributed by atoms with Crippen molar-refractivity contribution >= 4 is 23.5 Å². The Hall–Kier alpha value is -3.69.